The van der Waals surface area contributed by atoms with Gasteiger partial charge in [0.15, 0.2) is 5.82 Å². The van der Waals surface area contributed by atoms with Crippen LogP contribution in [0.25, 0.3) is 16.6 Å². The van der Waals surface area contributed by atoms with Gasteiger partial charge in [-0.05, 0) is 39.2 Å². The lowest BCUT2D eigenvalue weighted by molar-refractivity contribution is 0.958. The van der Waals surface area contributed by atoms with Gasteiger partial charge in [0, 0.05) is 11.1 Å². The summed E-state index contributed by atoms with van der Waals surface area (Å²) in [6, 6.07) is 35.1. The Morgan fingerprint density at radius 1 is 0.700 bits per heavy atom. The smallest absolute Gasteiger partial charge is 0.155 e. The molecule has 144 valence electrons. The molecule has 0 amide bonds. The molecule has 3 aromatic carbocycles. The molecular weight excluding hydrogens is 434 g/mol. The van der Waals surface area contributed by atoms with E-state index in [-0.39, 0.29) is 0 Å². The molecule has 30 heavy (non-hydrogen) atoms. The van der Waals surface area contributed by atoms with Crippen molar-refractivity contribution in [1.82, 2.24) is 9.61 Å². The second-order valence-electron chi connectivity index (χ2n) is 6.95. The Morgan fingerprint density at radius 3 is 1.87 bits per heavy atom. The van der Waals surface area contributed by atoms with Crippen LogP contribution in [0.4, 0.5) is 5.82 Å². The van der Waals surface area contributed by atoms with E-state index in [2.05, 4.69) is 69.6 Å². The summed E-state index contributed by atoms with van der Waals surface area (Å²) in [6.07, 6.45) is 1.81. The first-order chi connectivity index (χ1) is 14.8. The summed E-state index contributed by atoms with van der Waals surface area (Å²) in [5, 5.41) is 4.56. The third-order valence-corrected chi connectivity index (χ3v) is 5.59. The van der Waals surface area contributed by atoms with Crippen LogP contribution < -0.4 is 0 Å². The fourth-order valence-corrected chi connectivity index (χ4v) is 3.89. The van der Waals surface area contributed by atoms with Crippen molar-refractivity contribution in [1.29, 1.82) is 0 Å². The van der Waals surface area contributed by atoms with E-state index in [0.717, 1.165) is 43.8 Å². The Morgan fingerprint density at radius 2 is 1.27 bits per heavy atom. The second kappa shape index (κ2) is 8.09. The maximum atomic E-state index is 5.12. The van der Waals surface area contributed by atoms with E-state index in [0.29, 0.717) is 0 Å². The molecule has 0 unspecified atom stereocenters. The largest absolute Gasteiger partial charge is 0.228 e. The van der Waals surface area contributed by atoms with Crippen LogP contribution in [0.3, 0.4) is 0 Å². The van der Waals surface area contributed by atoms with Crippen LogP contribution in [0.2, 0.25) is 0 Å². The van der Waals surface area contributed by atoms with E-state index in [9.17, 15) is 0 Å². The molecule has 0 aliphatic heterocycles. The highest BCUT2D eigenvalue weighted by Gasteiger charge is 2.12. The molecule has 2 heterocycles. The number of rotatable bonds is 4. The average molecular weight is 452 g/mol. The van der Waals surface area contributed by atoms with Gasteiger partial charge in [-0.25, -0.2) is 9.51 Å². The molecule has 0 fully saturated rings. The van der Waals surface area contributed by atoms with E-state index >= 15 is 0 Å². The standard InChI is InChI=1S/C26H18BrN3/c27-23-18-28-30-24(23)16-22(19-10-4-1-5-11-19)17-25(30)29-26(20-12-6-2-7-13-20)21-14-8-3-9-15-21/h1-18H. The number of pyridine rings is 1. The van der Waals surface area contributed by atoms with E-state index in [4.69, 9.17) is 4.99 Å². The average Bonchev–Trinajstić information content (AvgIpc) is 3.20. The van der Waals surface area contributed by atoms with Crippen LogP contribution >= 0.6 is 15.9 Å². The van der Waals surface area contributed by atoms with Crippen LogP contribution in [-0.4, -0.2) is 15.3 Å². The van der Waals surface area contributed by atoms with Crippen molar-refractivity contribution in [2.75, 3.05) is 0 Å². The Kier molecular flexibility index (Phi) is 4.99. The third kappa shape index (κ3) is 3.58. The lowest BCUT2D eigenvalue weighted by atomic mass is 10.0. The molecule has 0 aliphatic rings. The van der Waals surface area contributed by atoms with Gasteiger partial charge >= 0.3 is 0 Å². The fourth-order valence-electron chi connectivity index (χ4n) is 3.52. The van der Waals surface area contributed by atoms with Crippen LogP contribution in [0.1, 0.15) is 11.1 Å². The van der Waals surface area contributed by atoms with Gasteiger partial charge in [0.05, 0.1) is 21.9 Å². The van der Waals surface area contributed by atoms with Crippen molar-refractivity contribution in [2.45, 2.75) is 0 Å². The topological polar surface area (TPSA) is 29.7 Å². The predicted octanol–water partition coefficient (Wildman–Crippen LogP) is 6.93. The molecule has 0 atom stereocenters. The van der Waals surface area contributed by atoms with Crippen molar-refractivity contribution in [2.24, 2.45) is 4.99 Å². The van der Waals surface area contributed by atoms with Crippen LogP contribution in [0.15, 0.2) is 119 Å². The molecule has 0 aliphatic carbocycles. The Bertz CT molecular complexity index is 1280. The van der Waals surface area contributed by atoms with Crippen molar-refractivity contribution in [3.63, 3.8) is 0 Å². The van der Waals surface area contributed by atoms with Gasteiger partial charge in [-0.2, -0.15) is 5.10 Å². The summed E-state index contributed by atoms with van der Waals surface area (Å²) in [5.41, 5.74) is 6.26. The zero-order valence-electron chi connectivity index (χ0n) is 16.1. The zero-order chi connectivity index (χ0) is 20.3. The van der Waals surface area contributed by atoms with Crippen LogP contribution in [0.5, 0.6) is 0 Å². The van der Waals surface area contributed by atoms with Gasteiger partial charge in [0.25, 0.3) is 0 Å². The molecule has 0 spiro atoms. The number of halogens is 1. The minimum absolute atomic E-state index is 0.778. The van der Waals surface area contributed by atoms with E-state index in [1.54, 1.807) is 0 Å². The number of nitrogens with zero attached hydrogens (tertiary/aromatic N) is 3. The van der Waals surface area contributed by atoms with Crippen LogP contribution in [-0.2, 0) is 0 Å². The summed E-state index contributed by atoms with van der Waals surface area (Å²) < 4.78 is 2.82. The first-order valence-corrected chi connectivity index (χ1v) is 10.5. The third-order valence-electron chi connectivity index (χ3n) is 4.98. The van der Waals surface area contributed by atoms with Gasteiger partial charge in [0.2, 0.25) is 0 Å². The fraction of sp³-hybridized carbons (Fsp3) is 0. The molecule has 5 aromatic rings. The number of benzene rings is 3. The zero-order valence-corrected chi connectivity index (χ0v) is 17.7. The number of hydrogen-bond acceptors (Lipinski definition) is 2. The normalized spacial score (nSPS) is 10.8. The molecule has 0 bridgehead atoms. The van der Waals surface area contributed by atoms with E-state index < -0.39 is 0 Å². The highest BCUT2D eigenvalue weighted by Crippen LogP contribution is 2.31. The number of fused-ring (bicyclic) bond motifs is 1. The Hall–Kier alpha value is -3.50. The van der Waals surface area contributed by atoms with E-state index in [1.165, 1.54) is 0 Å². The van der Waals surface area contributed by atoms with Gasteiger partial charge < -0.3 is 0 Å². The van der Waals surface area contributed by atoms with Crippen LogP contribution in [0, 0.1) is 0 Å². The number of aliphatic imine (C=N–C) groups is 1. The Balaban J connectivity index is 1.77. The first-order valence-electron chi connectivity index (χ1n) is 9.72. The van der Waals surface area contributed by atoms with Crippen molar-refractivity contribution < 1.29 is 0 Å². The Labute approximate surface area is 183 Å². The maximum absolute atomic E-state index is 5.12. The quantitative estimate of drug-likeness (QED) is 0.272. The summed E-state index contributed by atoms with van der Waals surface area (Å²) >= 11 is 3.63. The first kappa shape index (κ1) is 18.5. The highest BCUT2D eigenvalue weighted by atomic mass is 79.9. The van der Waals surface area contributed by atoms with Gasteiger partial charge in [-0.1, -0.05) is 91.0 Å². The molecule has 0 N–H and O–H groups in total. The summed E-state index contributed by atoms with van der Waals surface area (Å²) in [6.45, 7) is 0. The lowest BCUT2D eigenvalue weighted by Gasteiger charge is -2.10. The monoisotopic (exact) mass is 451 g/mol. The highest BCUT2D eigenvalue weighted by molar-refractivity contribution is 9.10. The second-order valence-corrected chi connectivity index (χ2v) is 7.80. The molecule has 2 aromatic heterocycles. The lowest BCUT2D eigenvalue weighted by Crippen LogP contribution is -2.04. The minimum atomic E-state index is 0.778. The van der Waals surface area contributed by atoms with Crippen molar-refractivity contribution in [3.05, 3.63) is 125 Å². The predicted molar refractivity (Wildman–Crippen MR) is 127 cm³/mol. The minimum Gasteiger partial charge on any atom is -0.228 e. The van der Waals surface area contributed by atoms with Gasteiger partial charge in [-0.15, -0.1) is 0 Å². The number of aromatic nitrogens is 2. The molecule has 3 nitrogen and oxygen atoms in total. The van der Waals surface area contributed by atoms with Crippen molar-refractivity contribution in [3.8, 4) is 11.1 Å². The van der Waals surface area contributed by atoms with Crippen molar-refractivity contribution >= 4 is 33.0 Å². The molecule has 0 saturated heterocycles. The summed E-state index contributed by atoms with van der Waals surface area (Å²) in [4.78, 5) is 5.12. The van der Waals surface area contributed by atoms with Gasteiger partial charge in [-0.3, -0.25) is 0 Å². The SMILES string of the molecule is Brc1cnn2c(N=C(c3ccccc3)c3ccccc3)cc(-c3ccccc3)cc12. The number of hydrogen-bond donors (Lipinski definition) is 0. The molecule has 0 saturated carbocycles. The molecular formula is C26H18BrN3. The van der Waals surface area contributed by atoms with E-state index in [1.807, 2.05) is 65.3 Å². The molecule has 4 heteroatoms. The summed E-state index contributed by atoms with van der Waals surface area (Å²) in [7, 11) is 0. The molecule has 5 rings (SSSR count). The van der Waals surface area contributed by atoms with Gasteiger partial charge in [0.1, 0.15) is 0 Å². The molecule has 0 radical (unpaired) electrons. The summed E-state index contributed by atoms with van der Waals surface area (Å²) in [5.74, 6) is 0.778. The maximum Gasteiger partial charge on any atom is 0.155 e.